The Balaban J connectivity index is 2.38. The van der Waals surface area contributed by atoms with Crippen LogP contribution in [0.25, 0.3) is 0 Å². The van der Waals surface area contributed by atoms with Crippen molar-refractivity contribution in [3.63, 3.8) is 0 Å². The number of allylic oxidation sites excluding steroid dienone is 2. The molecule has 0 N–H and O–H groups in total. The van der Waals surface area contributed by atoms with Crippen LogP contribution >= 0.6 is 0 Å². The van der Waals surface area contributed by atoms with Crippen LogP contribution in [0.3, 0.4) is 0 Å². The third-order valence-electron chi connectivity index (χ3n) is 3.55. The predicted octanol–water partition coefficient (Wildman–Crippen LogP) is 2.32. The normalized spacial score (nSPS) is 45.8. The Labute approximate surface area is 67.5 Å². The molecule has 2 aliphatic carbocycles. The molecule has 0 aliphatic heterocycles. The molecule has 1 heteroatoms. The number of Topliss-reactive ketones (excluding diaryl/α,β-unsaturated/α-hetero) is 1. The minimum atomic E-state index is 0.284. The molecule has 0 bridgehead atoms. The molecule has 0 heterocycles. The summed E-state index contributed by atoms with van der Waals surface area (Å²) in [6, 6.07) is 0. The van der Waals surface area contributed by atoms with Crippen molar-refractivity contribution >= 4 is 5.78 Å². The van der Waals surface area contributed by atoms with Crippen LogP contribution in [0.2, 0.25) is 0 Å². The van der Waals surface area contributed by atoms with E-state index in [1.165, 1.54) is 12.8 Å². The third kappa shape index (κ3) is 0.688. The SMILES string of the molecule is CC=C1C(=O)C[C@H]2CC[C@]12C. The van der Waals surface area contributed by atoms with Crippen LogP contribution in [-0.4, -0.2) is 5.78 Å². The predicted molar refractivity (Wildman–Crippen MR) is 44.2 cm³/mol. The number of carbonyl (C=O) groups excluding carboxylic acids is 1. The largest absolute Gasteiger partial charge is 0.295 e. The molecule has 2 aliphatic rings. The topological polar surface area (TPSA) is 17.1 Å². The Morgan fingerprint density at radius 1 is 1.64 bits per heavy atom. The van der Waals surface area contributed by atoms with E-state index in [9.17, 15) is 4.79 Å². The second-order valence-electron chi connectivity index (χ2n) is 3.98. The van der Waals surface area contributed by atoms with E-state index in [4.69, 9.17) is 0 Å². The van der Waals surface area contributed by atoms with E-state index in [1.54, 1.807) is 0 Å². The number of hydrogen-bond donors (Lipinski definition) is 0. The van der Waals surface area contributed by atoms with Gasteiger partial charge in [-0.25, -0.2) is 0 Å². The van der Waals surface area contributed by atoms with Crippen LogP contribution in [0.15, 0.2) is 11.6 Å². The van der Waals surface area contributed by atoms with E-state index in [0.717, 1.165) is 12.0 Å². The van der Waals surface area contributed by atoms with Gasteiger partial charge in [0.2, 0.25) is 0 Å². The smallest absolute Gasteiger partial charge is 0.159 e. The lowest BCUT2D eigenvalue weighted by atomic mass is 9.62. The van der Waals surface area contributed by atoms with Gasteiger partial charge in [0.15, 0.2) is 5.78 Å². The summed E-state index contributed by atoms with van der Waals surface area (Å²) in [5.74, 6) is 1.08. The lowest BCUT2D eigenvalue weighted by Crippen LogP contribution is -2.33. The Morgan fingerprint density at radius 2 is 2.36 bits per heavy atom. The van der Waals surface area contributed by atoms with Crippen molar-refractivity contribution in [1.29, 1.82) is 0 Å². The molecule has 1 nitrogen and oxygen atoms in total. The summed E-state index contributed by atoms with van der Waals surface area (Å²) in [5.41, 5.74) is 1.39. The molecule has 0 aromatic heterocycles. The zero-order valence-corrected chi connectivity index (χ0v) is 7.18. The Hall–Kier alpha value is -0.590. The van der Waals surface area contributed by atoms with Gasteiger partial charge < -0.3 is 0 Å². The molecule has 0 spiro atoms. The van der Waals surface area contributed by atoms with Gasteiger partial charge in [-0.3, -0.25) is 4.79 Å². The number of hydrogen-bond acceptors (Lipinski definition) is 1. The van der Waals surface area contributed by atoms with Crippen molar-refractivity contribution < 1.29 is 4.79 Å². The van der Waals surface area contributed by atoms with E-state index in [2.05, 4.69) is 6.92 Å². The van der Waals surface area contributed by atoms with E-state index in [1.807, 2.05) is 13.0 Å². The van der Waals surface area contributed by atoms with Crippen molar-refractivity contribution in [3.05, 3.63) is 11.6 Å². The maximum absolute atomic E-state index is 11.4. The number of ketones is 1. The van der Waals surface area contributed by atoms with E-state index < -0.39 is 0 Å². The van der Waals surface area contributed by atoms with Gasteiger partial charge in [0.05, 0.1) is 0 Å². The summed E-state index contributed by atoms with van der Waals surface area (Å²) in [7, 11) is 0. The average Bonchev–Trinajstić information content (AvgIpc) is 2.12. The number of rotatable bonds is 0. The highest BCUT2D eigenvalue weighted by Gasteiger charge is 2.52. The molecule has 60 valence electrons. The maximum atomic E-state index is 11.4. The maximum Gasteiger partial charge on any atom is 0.159 e. The summed E-state index contributed by atoms with van der Waals surface area (Å²) in [4.78, 5) is 11.4. The zero-order chi connectivity index (χ0) is 8.06. The van der Waals surface area contributed by atoms with Crippen LogP contribution in [-0.2, 0) is 4.79 Å². The average molecular weight is 150 g/mol. The first-order valence-electron chi connectivity index (χ1n) is 4.38. The van der Waals surface area contributed by atoms with Gasteiger partial charge >= 0.3 is 0 Å². The summed E-state index contributed by atoms with van der Waals surface area (Å²) >= 11 is 0. The lowest BCUT2D eigenvalue weighted by Gasteiger charge is -2.42. The summed E-state index contributed by atoms with van der Waals surface area (Å²) in [6.07, 6.45) is 5.32. The summed E-state index contributed by atoms with van der Waals surface area (Å²) in [6.45, 7) is 4.22. The van der Waals surface area contributed by atoms with Crippen molar-refractivity contribution in [2.75, 3.05) is 0 Å². The van der Waals surface area contributed by atoms with E-state index >= 15 is 0 Å². The van der Waals surface area contributed by atoms with Crippen LogP contribution < -0.4 is 0 Å². The number of fused-ring (bicyclic) bond motifs is 1. The molecule has 2 saturated carbocycles. The minimum absolute atomic E-state index is 0.284. The monoisotopic (exact) mass is 150 g/mol. The molecule has 0 aromatic carbocycles. The molecule has 2 fully saturated rings. The van der Waals surface area contributed by atoms with Crippen molar-refractivity contribution in [2.24, 2.45) is 11.3 Å². The fourth-order valence-corrected chi connectivity index (χ4v) is 2.61. The first-order valence-corrected chi connectivity index (χ1v) is 4.38. The molecular weight excluding hydrogens is 136 g/mol. The standard InChI is InChI=1S/C10H14O/c1-3-8-9(11)6-7-4-5-10(7,8)2/h3,7H,4-6H2,1-2H3/t7-,10+/m1/s1. The summed E-state index contributed by atoms with van der Waals surface area (Å²) < 4.78 is 0. The van der Waals surface area contributed by atoms with Gasteiger partial charge in [0.1, 0.15) is 0 Å². The Bertz CT molecular complexity index is 239. The van der Waals surface area contributed by atoms with Crippen LogP contribution in [0.4, 0.5) is 0 Å². The second-order valence-corrected chi connectivity index (χ2v) is 3.98. The second kappa shape index (κ2) is 1.96. The summed E-state index contributed by atoms with van der Waals surface area (Å²) in [5, 5.41) is 0. The highest BCUT2D eigenvalue weighted by atomic mass is 16.1. The fraction of sp³-hybridized carbons (Fsp3) is 0.700. The van der Waals surface area contributed by atoms with Gasteiger partial charge in [-0.05, 0) is 36.7 Å². The van der Waals surface area contributed by atoms with Crippen molar-refractivity contribution in [2.45, 2.75) is 33.1 Å². The van der Waals surface area contributed by atoms with Crippen LogP contribution in [0, 0.1) is 11.3 Å². The molecule has 0 saturated heterocycles. The van der Waals surface area contributed by atoms with Crippen LogP contribution in [0.5, 0.6) is 0 Å². The van der Waals surface area contributed by atoms with E-state index in [-0.39, 0.29) is 5.41 Å². The molecule has 2 atom stereocenters. The lowest BCUT2D eigenvalue weighted by molar-refractivity contribution is -0.114. The van der Waals surface area contributed by atoms with Gasteiger partial charge in [0.25, 0.3) is 0 Å². The molecule has 0 radical (unpaired) electrons. The van der Waals surface area contributed by atoms with Gasteiger partial charge in [-0.15, -0.1) is 0 Å². The molecular formula is C10H14O. The van der Waals surface area contributed by atoms with Crippen molar-refractivity contribution in [3.8, 4) is 0 Å². The molecule has 0 aromatic rings. The van der Waals surface area contributed by atoms with Gasteiger partial charge in [0, 0.05) is 6.42 Å². The Morgan fingerprint density at radius 3 is 2.64 bits per heavy atom. The highest BCUT2D eigenvalue weighted by molar-refractivity contribution is 5.99. The van der Waals surface area contributed by atoms with Crippen LogP contribution in [0.1, 0.15) is 33.1 Å². The fourth-order valence-electron chi connectivity index (χ4n) is 2.61. The van der Waals surface area contributed by atoms with Gasteiger partial charge in [-0.1, -0.05) is 13.0 Å². The Kier molecular flexibility index (Phi) is 1.26. The minimum Gasteiger partial charge on any atom is -0.295 e. The van der Waals surface area contributed by atoms with E-state index in [0.29, 0.717) is 11.7 Å². The quantitative estimate of drug-likeness (QED) is 0.484. The first kappa shape index (κ1) is 7.08. The van der Waals surface area contributed by atoms with Gasteiger partial charge in [-0.2, -0.15) is 0 Å². The zero-order valence-electron chi connectivity index (χ0n) is 7.18. The number of carbonyl (C=O) groups is 1. The molecule has 2 rings (SSSR count). The highest BCUT2D eigenvalue weighted by Crippen LogP contribution is 2.58. The first-order chi connectivity index (χ1) is 5.18. The third-order valence-corrected chi connectivity index (χ3v) is 3.55. The molecule has 11 heavy (non-hydrogen) atoms. The van der Waals surface area contributed by atoms with Crippen molar-refractivity contribution in [1.82, 2.24) is 0 Å². The molecule has 0 amide bonds. The molecule has 0 unspecified atom stereocenters.